The Kier molecular flexibility index (Phi) is 7.05. The number of anilines is 3. The van der Waals surface area contributed by atoms with Crippen molar-refractivity contribution < 1.29 is 21.6 Å². The van der Waals surface area contributed by atoms with E-state index in [0.29, 0.717) is 27.6 Å². The Bertz CT molecular complexity index is 1170. The summed E-state index contributed by atoms with van der Waals surface area (Å²) in [6, 6.07) is 9.95. The summed E-state index contributed by atoms with van der Waals surface area (Å²) in [5.41, 5.74) is 1.63. The number of carbonyl (C=O) groups excluding carboxylic acids is 1. The summed E-state index contributed by atoms with van der Waals surface area (Å²) in [7, 11) is -5.89. The van der Waals surface area contributed by atoms with Gasteiger partial charge in [-0.05, 0) is 49.7 Å². The summed E-state index contributed by atoms with van der Waals surface area (Å²) in [5, 5.41) is 2.99. The van der Waals surface area contributed by atoms with Crippen LogP contribution in [0.2, 0.25) is 5.02 Å². The van der Waals surface area contributed by atoms with Crippen molar-refractivity contribution in [3.8, 4) is 0 Å². The first-order valence-corrected chi connectivity index (χ1v) is 12.9. The maximum absolute atomic E-state index is 12.9. The normalized spacial score (nSPS) is 12.9. The Hall–Kier alpha value is -2.30. The lowest BCUT2D eigenvalue weighted by Gasteiger charge is -2.29. The molecule has 0 bridgehead atoms. The Balaban J connectivity index is 2.36. The fourth-order valence-electron chi connectivity index (χ4n) is 2.82. The molecule has 0 saturated heterocycles. The molecule has 0 saturated carbocycles. The lowest BCUT2D eigenvalue weighted by Crippen LogP contribution is -2.45. The van der Waals surface area contributed by atoms with Crippen molar-refractivity contribution in [2.24, 2.45) is 0 Å². The predicted molar refractivity (Wildman–Crippen MR) is 121 cm³/mol. The minimum atomic E-state index is -3.81. The van der Waals surface area contributed by atoms with Crippen molar-refractivity contribution in [3.63, 3.8) is 0 Å². The minimum absolute atomic E-state index is 0.304. The van der Waals surface area contributed by atoms with Crippen LogP contribution in [-0.2, 0) is 24.8 Å². The van der Waals surface area contributed by atoms with E-state index in [1.807, 2.05) is 0 Å². The first-order valence-electron chi connectivity index (χ1n) is 8.82. The van der Waals surface area contributed by atoms with Gasteiger partial charge in [0.25, 0.3) is 0 Å². The maximum Gasteiger partial charge on any atom is 0.247 e. The van der Waals surface area contributed by atoms with E-state index >= 15 is 0 Å². The number of aryl methyl sites for hydroxylation is 1. The van der Waals surface area contributed by atoms with Crippen LogP contribution < -0.4 is 13.9 Å². The van der Waals surface area contributed by atoms with Crippen LogP contribution in [-0.4, -0.2) is 48.3 Å². The third kappa shape index (κ3) is 5.65. The van der Waals surface area contributed by atoms with E-state index in [4.69, 9.17) is 11.6 Å². The van der Waals surface area contributed by atoms with Crippen molar-refractivity contribution >= 4 is 54.6 Å². The summed E-state index contributed by atoms with van der Waals surface area (Å²) in [6.45, 7) is 3.18. The molecule has 164 valence electrons. The van der Waals surface area contributed by atoms with Gasteiger partial charge in [0.2, 0.25) is 26.0 Å². The van der Waals surface area contributed by atoms with Crippen LogP contribution in [0.4, 0.5) is 17.1 Å². The highest BCUT2D eigenvalue weighted by Gasteiger charge is 2.30. The van der Waals surface area contributed by atoms with Gasteiger partial charge < -0.3 is 5.32 Å². The molecule has 8 nitrogen and oxygen atoms in total. The summed E-state index contributed by atoms with van der Waals surface area (Å²) < 4.78 is 50.5. The number of nitrogens with zero attached hydrogens (tertiary/aromatic N) is 2. The molecule has 1 atom stereocenters. The molecule has 0 aromatic heterocycles. The molecule has 0 radical (unpaired) electrons. The van der Waals surface area contributed by atoms with Crippen LogP contribution in [0.1, 0.15) is 12.5 Å². The van der Waals surface area contributed by atoms with Gasteiger partial charge in [-0.3, -0.25) is 13.4 Å². The minimum Gasteiger partial charge on any atom is -0.324 e. The number of rotatable bonds is 7. The number of hydrogen-bond donors (Lipinski definition) is 1. The molecule has 0 heterocycles. The van der Waals surface area contributed by atoms with Crippen LogP contribution in [0, 0.1) is 6.92 Å². The van der Waals surface area contributed by atoms with Gasteiger partial charge in [-0.2, -0.15) is 0 Å². The molecule has 0 aliphatic heterocycles. The summed E-state index contributed by atoms with van der Waals surface area (Å²) in [4.78, 5) is 12.9. The average molecular weight is 474 g/mol. The van der Waals surface area contributed by atoms with Gasteiger partial charge in [0.1, 0.15) is 6.04 Å². The standard InChI is InChI=1S/C19H24ClN3O5S2/c1-13-9-10-15(20)11-18(13)23(30(5,27)28)14(2)19(24)21-16-7-6-8-17(12-16)22(3)29(4,25)26/h6-12,14H,1-5H3,(H,21,24)/t14-/m0/s1. The number of benzene rings is 2. The van der Waals surface area contributed by atoms with Gasteiger partial charge in [0, 0.05) is 17.8 Å². The summed E-state index contributed by atoms with van der Waals surface area (Å²) in [6.07, 6.45) is 2.08. The second kappa shape index (κ2) is 8.83. The van der Waals surface area contributed by atoms with Gasteiger partial charge >= 0.3 is 0 Å². The molecule has 2 rings (SSSR count). The fourth-order valence-corrected chi connectivity index (χ4v) is 4.71. The molecule has 30 heavy (non-hydrogen) atoms. The van der Waals surface area contributed by atoms with Gasteiger partial charge in [0.05, 0.1) is 23.9 Å². The second-order valence-corrected chi connectivity index (χ2v) is 11.2. The largest absolute Gasteiger partial charge is 0.324 e. The number of sulfonamides is 2. The Morgan fingerprint density at radius 2 is 1.67 bits per heavy atom. The quantitative estimate of drug-likeness (QED) is 0.665. The van der Waals surface area contributed by atoms with Crippen LogP contribution in [0.5, 0.6) is 0 Å². The number of nitrogens with one attached hydrogen (secondary N) is 1. The predicted octanol–water partition coefficient (Wildman–Crippen LogP) is 2.84. The molecule has 0 spiro atoms. The maximum atomic E-state index is 12.9. The number of halogens is 1. The molecule has 0 aliphatic carbocycles. The van der Waals surface area contributed by atoms with E-state index in [0.717, 1.165) is 21.1 Å². The monoisotopic (exact) mass is 473 g/mol. The van der Waals surface area contributed by atoms with E-state index in [1.54, 1.807) is 37.3 Å². The molecule has 2 aromatic carbocycles. The zero-order valence-corrected chi connectivity index (χ0v) is 19.6. The van der Waals surface area contributed by atoms with Crippen LogP contribution in [0.3, 0.4) is 0 Å². The molecule has 2 aromatic rings. The molecular weight excluding hydrogens is 450 g/mol. The van der Waals surface area contributed by atoms with Crippen molar-refractivity contribution in [2.45, 2.75) is 19.9 Å². The molecule has 11 heteroatoms. The zero-order valence-electron chi connectivity index (χ0n) is 17.2. The summed E-state index contributed by atoms with van der Waals surface area (Å²) in [5.74, 6) is -0.584. The lowest BCUT2D eigenvalue weighted by atomic mass is 10.1. The molecule has 1 N–H and O–H groups in total. The second-order valence-electron chi connectivity index (χ2n) is 6.94. The van der Waals surface area contributed by atoms with Crippen LogP contribution in [0.25, 0.3) is 0 Å². The molecule has 0 aliphatic rings. The van der Waals surface area contributed by atoms with Crippen molar-refractivity contribution in [3.05, 3.63) is 53.1 Å². The Morgan fingerprint density at radius 3 is 2.23 bits per heavy atom. The van der Waals surface area contributed by atoms with E-state index in [1.165, 1.54) is 26.1 Å². The van der Waals surface area contributed by atoms with E-state index in [-0.39, 0.29) is 0 Å². The highest BCUT2D eigenvalue weighted by Crippen LogP contribution is 2.29. The number of amides is 1. The molecule has 0 unspecified atom stereocenters. The van der Waals surface area contributed by atoms with Crippen molar-refractivity contribution in [1.82, 2.24) is 0 Å². The smallest absolute Gasteiger partial charge is 0.247 e. The SMILES string of the molecule is Cc1ccc(Cl)cc1N([C@@H](C)C(=O)Nc1cccc(N(C)S(C)(=O)=O)c1)S(C)(=O)=O. The fraction of sp³-hybridized carbons (Fsp3) is 0.316. The lowest BCUT2D eigenvalue weighted by molar-refractivity contribution is -0.116. The number of carbonyl (C=O) groups is 1. The van der Waals surface area contributed by atoms with Gasteiger partial charge in [-0.25, -0.2) is 16.8 Å². The van der Waals surface area contributed by atoms with Gasteiger partial charge in [-0.1, -0.05) is 23.7 Å². The van der Waals surface area contributed by atoms with Crippen LogP contribution in [0.15, 0.2) is 42.5 Å². The Labute approximate surface area is 182 Å². The molecule has 1 amide bonds. The van der Waals surface area contributed by atoms with E-state index in [2.05, 4.69) is 5.32 Å². The van der Waals surface area contributed by atoms with Crippen LogP contribution >= 0.6 is 11.6 Å². The van der Waals surface area contributed by atoms with E-state index in [9.17, 15) is 21.6 Å². The Morgan fingerprint density at radius 1 is 1.03 bits per heavy atom. The first kappa shape index (κ1) is 24.0. The highest BCUT2D eigenvalue weighted by molar-refractivity contribution is 7.92. The molecule has 0 fully saturated rings. The van der Waals surface area contributed by atoms with Crippen molar-refractivity contribution in [1.29, 1.82) is 0 Å². The molecular formula is C19H24ClN3O5S2. The topological polar surface area (TPSA) is 104 Å². The third-order valence-electron chi connectivity index (χ3n) is 4.47. The average Bonchev–Trinajstić information content (AvgIpc) is 2.62. The highest BCUT2D eigenvalue weighted by atomic mass is 35.5. The van der Waals surface area contributed by atoms with Crippen molar-refractivity contribution in [2.75, 3.05) is 33.5 Å². The summed E-state index contributed by atoms with van der Waals surface area (Å²) >= 11 is 6.03. The first-order chi connectivity index (χ1) is 13.7. The third-order valence-corrected chi connectivity index (χ3v) is 7.14. The van der Waals surface area contributed by atoms with Gasteiger partial charge in [-0.15, -0.1) is 0 Å². The number of hydrogen-bond acceptors (Lipinski definition) is 5. The van der Waals surface area contributed by atoms with Gasteiger partial charge in [0.15, 0.2) is 0 Å². The zero-order chi connectivity index (χ0) is 22.9. The van der Waals surface area contributed by atoms with E-state index < -0.39 is 32.0 Å².